The second-order valence-corrected chi connectivity index (χ2v) is 3.01. The van der Waals surface area contributed by atoms with Crippen LogP contribution in [0.5, 0.6) is 0 Å². The number of rotatable bonds is 8. The van der Waals surface area contributed by atoms with Gasteiger partial charge in [0.1, 0.15) is 0 Å². The topological polar surface area (TPSA) is 69.1 Å². The van der Waals surface area contributed by atoms with Gasteiger partial charge in [-0.2, -0.15) is 0 Å². The minimum Gasteiger partial charge on any atom is -0.329 e. The fraction of sp³-hybridized carbons (Fsp3) is 0.875. The van der Waals surface area contributed by atoms with Crippen molar-refractivity contribution >= 4 is 13.5 Å². The first-order valence-electron chi connectivity index (χ1n) is 4.54. The van der Waals surface area contributed by atoms with Crippen molar-refractivity contribution in [2.75, 3.05) is 6.54 Å². The highest BCUT2D eigenvalue weighted by atomic mass is 16.1. The maximum Gasteiger partial charge on any atom is 0.197 e. The fourth-order valence-electron chi connectivity index (χ4n) is 1.03. The molecule has 0 aliphatic heterocycles. The van der Waals surface area contributed by atoms with Crippen molar-refractivity contribution in [3.8, 4) is 0 Å². The quantitative estimate of drug-likeness (QED) is 0.308. The Kier molecular flexibility index (Phi) is 8.50. The van der Waals surface area contributed by atoms with Gasteiger partial charge in [0.2, 0.25) is 0 Å². The first kappa shape index (κ1) is 11.7. The molecule has 0 bridgehead atoms. The number of hydrogen-bond donors (Lipinski definition) is 2. The van der Waals surface area contributed by atoms with Crippen molar-refractivity contribution < 1.29 is 4.79 Å². The molecule has 3 nitrogen and oxygen atoms in total. The summed E-state index contributed by atoms with van der Waals surface area (Å²) in [5.41, 5.74) is 11.0. The Bertz CT molecular complexity index is 111. The molecule has 0 rings (SSSR count). The van der Waals surface area contributed by atoms with Gasteiger partial charge >= 0.3 is 0 Å². The summed E-state index contributed by atoms with van der Waals surface area (Å²) in [5.74, 6) is 0. The van der Waals surface area contributed by atoms with Gasteiger partial charge in [0.25, 0.3) is 0 Å². The number of nitrogens with two attached hydrogens (primary N) is 2. The van der Waals surface area contributed by atoms with Crippen LogP contribution >= 0.6 is 0 Å². The molecule has 0 aliphatic rings. The van der Waals surface area contributed by atoms with E-state index in [0.29, 0.717) is 6.54 Å². The second-order valence-electron chi connectivity index (χ2n) is 3.01. The predicted octanol–water partition coefficient (Wildman–Crippen LogP) is 0.145. The Hall–Kier alpha value is -0.345. The molecular formula is C8H18BN2O. The van der Waals surface area contributed by atoms with Crippen LogP contribution in [0, 0.1) is 0 Å². The molecule has 69 valence electrons. The van der Waals surface area contributed by atoms with Crippen molar-refractivity contribution in [2.45, 2.75) is 38.0 Å². The zero-order valence-corrected chi connectivity index (χ0v) is 7.54. The van der Waals surface area contributed by atoms with E-state index in [-0.39, 0.29) is 6.04 Å². The summed E-state index contributed by atoms with van der Waals surface area (Å²) in [6, 6.07) is 0.153. The summed E-state index contributed by atoms with van der Waals surface area (Å²) in [4.78, 5) is 9.90. The van der Waals surface area contributed by atoms with Crippen LogP contribution in [-0.2, 0) is 4.79 Å². The van der Waals surface area contributed by atoms with Gasteiger partial charge < -0.3 is 16.3 Å². The van der Waals surface area contributed by atoms with Gasteiger partial charge in [-0.25, -0.2) is 0 Å². The van der Waals surface area contributed by atoms with E-state index in [1.165, 1.54) is 0 Å². The summed E-state index contributed by atoms with van der Waals surface area (Å²) >= 11 is 0. The fourth-order valence-corrected chi connectivity index (χ4v) is 1.03. The van der Waals surface area contributed by atoms with Crippen LogP contribution in [0.25, 0.3) is 0 Å². The number of hydrogen-bond acceptors (Lipinski definition) is 3. The molecule has 1 atom stereocenters. The lowest BCUT2D eigenvalue weighted by atomic mass is 9.75. The van der Waals surface area contributed by atoms with Crippen LogP contribution in [0.2, 0.25) is 6.32 Å². The highest BCUT2D eigenvalue weighted by Gasteiger charge is 1.98. The molecule has 0 heterocycles. The van der Waals surface area contributed by atoms with Crippen LogP contribution in [0.4, 0.5) is 0 Å². The van der Waals surface area contributed by atoms with Crippen molar-refractivity contribution in [2.24, 2.45) is 11.5 Å². The Morgan fingerprint density at radius 1 is 1.33 bits per heavy atom. The van der Waals surface area contributed by atoms with E-state index in [4.69, 9.17) is 11.5 Å². The number of unbranched alkanes of at least 4 members (excludes halogenated alkanes) is 2. The third kappa shape index (κ3) is 7.76. The van der Waals surface area contributed by atoms with Gasteiger partial charge in [-0.15, -0.1) is 0 Å². The summed E-state index contributed by atoms with van der Waals surface area (Å²) in [5, 5.41) is 0. The van der Waals surface area contributed by atoms with Crippen LogP contribution in [-0.4, -0.2) is 26.1 Å². The summed E-state index contributed by atoms with van der Waals surface area (Å²) in [6.07, 6.45) is 6.07. The van der Waals surface area contributed by atoms with Gasteiger partial charge in [-0.05, 0) is 6.42 Å². The lowest BCUT2D eigenvalue weighted by molar-refractivity contribution is 0.563. The molecule has 0 fully saturated rings. The third-order valence-electron chi connectivity index (χ3n) is 1.84. The third-order valence-corrected chi connectivity index (χ3v) is 1.84. The molecule has 0 amide bonds. The van der Waals surface area contributed by atoms with Crippen molar-refractivity contribution in [3.05, 3.63) is 0 Å². The lowest BCUT2D eigenvalue weighted by Crippen LogP contribution is -2.29. The number of carbonyl (C=O) groups excluding carboxylic acids is 1. The molecule has 12 heavy (non-hydrogen) atoms. The second kappa shape index (κ2) is 8.75. The minimum absolute atomic E-state index is 0.153. The lowest BCUT2D eigenvalue weighted by Gasteiger charge is -2.06. The molecule has 0 spiro atoms. The van der Waals surface area contributed by atoms with E-state index >= 15 is 0 Å². The van der Waals surface area contributed by atoms with E-state index in [9.17, 15) is 4.79 Å². The van der Waals surface area contributed by atoms with Gasteiger partial charge in [0, 0.05) is 12.6 Å². The SMILES string of the molecule is NCC(N)CCCCC[B]C=O. The van der Waals surface area contributed by atoms with E-state index in [0.717, 1.165) is 38.2 Å². The molecule has 4 N–H and O–H groups in total. The Labute approximate surface area is 75.1 Å². The van der Waals surface area contributed by atoms with Gasteiger partial charge in [0.05, 0.1) is 6.19 Å². The average molecular weight is 169 g/mol. The summed E-state index contributed by atoms with van der Waals surface area (Å²) in [6.45, 7) is 0.570. The predicted molar refractivity (Wildman–Crippen MR) is 52.8 cm³/mol. The molecule has 0 saturated carbocycles. The Morgan fingerprint density at radius 2 is 2.08 bits per heavy atom. The Balaban J connectivity index is 2.95. The van der Waals surface area contributed by atoms with Crippen molar-refractivity contribution in [3.63, 3.8) is 0 Å². The van der Waals surface area contributed by atoms with Crippen LogP contribution < -0.4 is 11.5 Å². The summed E-state index contributed by atoms with van der Waals surface area (Å²) < 4.78 is 0. The molecule has 0 aromatic heterocycles. The van der Waals surface area contributed by atoms with E-state index in [1.807, 2.05) is 0 Å². The monoisotopic (exact) mass is 169 g/mol. The molecular weight excluding hydrogens is 151 g/mol. The first-order valence-corrected chi connectivity index (χ1v) is 4.54. The molecule has 0 saturated heterocycles. The molecule has 0 aliphatic carbocycles. The van der Waals surface area contributed by atoms with Gasteiger partial charge in [0.15, 0.2) is 7.28 Å². The minimum atomic E-state index is 0.153. The van der Waals surface area contributed by atoms with Crippen molar-refractivity contribution in [1.82, 2.24) is 0 Å². The molecule has 4 heteroatoms. The van der Waals surface area contributed by atoms with Crippen LogP contribution in [0.3, 0.4) is 0 Å². The van der Waals surface area contributed by atoms with E-state index in [2.05, 4.69) is 0 Å². The molecule has 0 aromatic rings. The Morgan fingerprint density at radius 3 is 2.67 bits per heavy atom. The smallest absolute Gasteiger partial charge is 0.197 e. The highest BCUT2D eigenvalue weighted by Crippen LogP contribution is 2.03. The zero-order chi connectivity index (χ0) is 9.23. The first-order chi connectivity index (χ1) is 5.81. The maximum absolute atomic E-state index is 9.90. The van der Waals surface area contributed by atoms with Crippen LogP contribution in [0.1, 0.15) is 25.7 Å². The van der Waals surface area contributed by atoms with Crippen LogP contribution in [0.15, 0.2) is 0 Å². The summed E-state index contributed by atoms with van der Waals surface area (Å²) in [7, 11) is 1.66. The van der Waals surface area contributed by atoms with Gasteiger partial charge in [-0.3, -0.25) is 0 Å². The maximum atomic E-state index is 9.90. The number of carbonyl (C=O) groups is 1. The van der Waals surface area contributed by atoms with Gasteiger partial charge in [-0.1, -0.05) is 25.6 Å². The highest BCUT2D eigenvalue weighted by molar-refractivity contribution is 6.66. The molecule has 1 unspecified atom stereocenters. The average Bonchev–Trinajstić information content (AvgIpc) is 2.10. The normalized spacial score (nSPS) is 12.5. The molecule has 1 radical (unpaired) electrons. The standard InChI is InChI=1S/C8H18BN2O/c10-6-8(11)4-2-1-3-5-9-7-12/h7-8H,1-6,10-11H2. The largest absolute Gasteiger partial charge is 0.329 e. The van der Waals surface area contributed by atoms with Crippen molar-refractivity contribution in [1.29, 1.82) is 0 Å². The van der Waals surface area contributed by atoms with E-state index in [1.54, 1.807) is 7.28 Å². The zero-order valence-electron chi connectivity index (χ0n) is 7.54. The molecule has 0 aromatic carbocycles. The van der Waals surface area contributed by atoms with E-state index < -0.39 is 0 Å².